The summed E-state index contributed by atoms with van der Waals surface area (Å²) in [6, 6.07) is 3.52. The van der Waals surface area contributed by atoms with Gasteiger partial charge >= 0.3 is 5.97 Å². The summed E-state index contributed by atoms with van der Waals surface area (Å²) in [6.07, 6.45) is 4.82. The number of carbonyl (C=O) groups is 1. The Labute approximate surface area is 106 Å². The first-order chi connectivity index (χ1) is 8.63. The summed E-state index contributed by atoms with van der Waals surface area (Å²) >= 11 is 0. The van der Waals surface area contributed by atoms with Gasteiger partial charge in [0.25, 0.3) is 5.56 Å². The van der Waals surface area contributed by atoms with Gasteiger partial charge in [-0.1, -0.05) is 12.1 Å². The first kappa shape index (κ1) is 12.6. The zero-order valence-corrected chi connectivity index (χ0v) is 10.7. The van der Waals surface area contributed by atoms with E-state index in [1.54, 1.807) is 23.6 Å². The number of allylic oxidation sites excluding steroid dienone is 1. The van der Waals surface area contributed by atoms with Gasteiger partial charge in [0.2, 0.25) is 0 Å². The summed E-state index contributed by atoms with van der Waals surface area (Å²) in [7, 11) is 1.35. The lowest BCUT2D eigenvalue weighted by Crippen LogP contribution is -2.22. The average Bonchev–Trinajstić information content (AvgIpc) is 2.84. The third kappa shape index (κ3) is 2.37. The summed E-state index contributed by atoms with van der Waals surface area (Å²) in [5.74, 6) is -0.351. The van der Waals surface area contributed by atoms with Crippen molar-refractivity contribution < 1.29 is 9.53 Å². The number of carbonyl (C=O) groups excluding carboxylic acids is 1. The van der Waals surface area contributed by atoms with Gasteiger partial charge in [-0.15, -0.1) is 0 Å². The first-order valence-corrected chi connectivity index (χ1v) is 6.10. The van der Waals surface area contributed by atoms with Crippen molar-refractivity contribution in [3.05, 3.63) is 45.4 Å². The Balaban J connectivity index is 2.28. The highest BCUT2D eigenvalue weighted by Gasteiger charge is 2.15. The largest absolute Gasteiger partial charge is 0.466 e. The van der Waals surface area contributed by atoms with Crippen LogP contribution >= 0.6 is 0 Å². The van der Waals surface area contributed by atoms with Gasteiger partial charge in [-0.2, -0.15) is 0 Å². The molecule has 1 aliphatic rings. The maximum atomic E-state index is 11.8. The molecule has 0 spiro atoms. The number of pyridine rings is 1. The standard InChI is InChI=1S/C14H17NO3/c1-10(14(17)18-2)8-9-15-12-5-3-4-11(12)6-7-13(15)16/h6-8H,3-5,9H2,1-2H3/b10-8+. The van der Waals surface area contributed by atoms with Crippen molar-refractivity contribution in [2.24, 2.45) is 0 Å². The summed E-state index contributed by atoms with van der Waals surface area (Å²) < 4.78 is 6.37. The van der Waals surface area contributed by atoms with Crippen molar-refractivity contribution in [2.75, 3.05) is 7.11 Å². The smallest absolute Gasteiger partial charge is 0.333 e. The molecular weight excluding hydrogens is 230 g/mol. The molecule has 96 valence electrons. The van der Waals surface area contributed by atoms with Crippen molar-refractivity contribution in [1.82, 2.24) is 4.57 Å². The number of aryl methyl sites for hydroxylation is 1. The number of esters is 1. The lowest BCUT2D eigenvalue weighted by molar-refractivity contribution is -0.136. The molecule has 0 radical (unpaired) electrons. The number of aromatic nitrogens is 1. The van der Waals surface area contributed by atoms with E-state index in [0.29, 0.717) is 12.1 Å². The van der Waals surface area contributed by atoms with E-state index < -0.39 is 0 Å². The van der Waals surface area contributed by atoms with Crippen LogP contribution in [-0.4, -0.2) is 17.6 Å². The van der Waals surface area contributed by atoms with Crippen LogP contribution < -0.4 is 5.56 Å². The number of hydrogen-bond acceptors (Lipinski definition) is 3. The number of hydrogen-bond donors (Lipinski definition) is 0. The Morgan fingerprint density at radius 2 is 2.22 bits per heavy atom. The highest BCUT2D eigenvalue weighted by Crippen LogP contribution is 2.19. The monoisotopic (exact) mass is 247 g/mol. The van der Waals surface area contributed by atoms with Gasteiger partial charge < -0.3 is 9.30 Å². The van der Waals surface area contributed by atoms with E-state index in [1.807, 2.05) is 6.07 Å². The number of rotatable bonds is 3. The highest BCUT2D eigenvalue weighted by atomic mass is 16.5. The number of methoxy groups -OCH3 is 1. The Morgan fingerprint density at radius 1 is 1.44 bits per heavy atom. The van der Waals surface area contributed by atoms with Crippen LogP contribution in [0.3, 0.4) is 0 Å². The Kier molecular flexibility index (Phi) is 3.65. The van der Waals surface area contributed by atoms with Gasteiger partial charge in [0.1, 0.15) is 0 Å². The fourth-order valence-electron chi connectivity index (χ4n) is 2.31. The fourth-order valence-corrected chi connectivity index (χ4v) is 2.31. The second-order valence-electron chi connectivity index (χ2n) is 4.49. The number of ether oxygens (including phenoxy) is 1. The van der Waals surface area contributed by atoms with E-state index in [2.05, 4.69) is 4.74 Å². The highest BCUT2D eigenvalue weighted by molar-refractivity contribution is 5.87. The molecule has 2 rings (SSSR count). The summed E-state index contributed by atoms with van der Waals surface area (Å²) in [4.78, 5) is 23.1. The minimum absolute atomic E-state index is 0.00966. The molecule has 0 N–H and O–H groups in total. The summed E-state index contributed by atoms with van der Waals surface area (Å²) in [5, 5.41) is 0. The van der Waals surface area contributed by atoms with Gasteiger partial charge in [0, 0.05) is 23.9 Å². The number of nitrogens with zero attached hydrogens (tertiary/aromatic N) is 1. The maximum absolute atomic E-state index is 11.8. The van der Waals surface area contributed by atoms with Crippen molar-refractivity contribution in [3.8, 4) is 0 Å². The van der Waals surface area contributed by atoms with E-state index >= 15 is 0 Å². The molecule has 1 aliphatic carbocycles. The van der Waals surface area contributed by atoms with Crippen LogP contribution in [0.1, 0.15) is 24.6 Å². The maximum Gasteiger partial charge on any atom is 0.333 e. The molecular formula is C14H17NO3. The van der Waals surface area contributed by atoms with Gasteiger partial charge in [-0.05, 0) is 31.7 Å². The Bertz CT molecular complexity index is 555. The summed E-state index contributed by atoms with van der Waals surface area (Å²) in [6.45, 7) is 2.13. The Morgan fingerprint density at radius 3 is 2.94 bits per heavy atom. The van der Waals surface area contributed by atoms with E-state index in [-0.39, 0.29) is 11.5 Å². The second kappa shape index (κ2) is 5.21. The SMILES string of the molecule is COC(=O)/C(C)=C/Cn1c2c(ccc1=O)CCC2. The van der Waals surface area contributed by atoms with Crippen molar-refractivity contribution >= 4 is 5.97 Å². The van der Waals surface area contributed by atoms with Crippen LogP contribution in [-0.2, 0) is 28.9 Å². The molecule has 18 heavy (non-hydrogen) atoms. The van der Waals surface area contributed by atoms with Crippen LogP contribution in [0.25, 0.3) is 0 Å². The molecule has 0 fully saturated rings. The fraction of sp³-hybridized carbons (Fsp3) is 0.429. The molecule has 1 heterocycles. The lowest BCUT2D eigenvalue weighted by Gasteiger charge is -2.09. The van der Waals surface area contributed by atoms with Crippen LogP contribution in [0.2, 0.25) is 0 Å². The molecule has 0 bridgehead atoms. The Hall–Kier alpha value is -1.84. The molecule has 0 aliphatic heterocycles. The average molecular weight is 247 g/mol. The van der Waals surface area contributed by atoms with Crippen molar-refractivity contribution in [2.45, 2.75) is 32.7 Å². The molecule has 0 amide bonds. The number of fused-ring (bicyclic) bond motifs is 1. The molecule has 0 aromatic carbocycles. The van der Waals surface area contributed by atoms with E-state index in [4.69, 9.17) is 0 Å². The van der Waals surface area contributed by atoms with Gasteiger partial charge in [0.15, 0.2) is 0 Å². The molecule has 0 saturated carbocycles. The normalized spacial score (nSPS) is 14.4. The van der Waals surface area contributed by atoms with Gasteiger partial charge in [-0.3, -0.25) is 4.79 Å². The zero-order valence-electron chi connectivity index (χ0n) is 10.7. The van der Waals surface area contributed by atoms with Gasteiger partial charge in [0.05, 0.1) is 7.11 Å². The predicted molar refractivity (Wildman–Crippen MR) is 68.5 cm³/mol. The van der Waals surface area contributed by atoms with Gasteiger partial charge in [-0.25, -0.2) is 4.79 Å². The molecule has 1 aromatic heterocycles. The van der Waals surface area contributed by atoms with E-state index in [1.165, 1.54) is 12.7 Å². The molecule has 1 aromatic rings. The minimum atomic E-state index is -0.351. The molecule has 0 saturated heterocycles. The second-order valence-corrected chi connectivity index (χ2v) is 4.49. The molecule has 4 heteroatoms. The molecule has 4 nitrogen and oxygen atoms in total. The van der Waals surface area contributed by atoms with Crippen molar-refractivity contribution in [3.63, 3.8) is 0 Å². The van der Waals surface area contributed by atoms with Crippen LogP contribution in [0.4, 0.5) is 0 Å². The van der Waals surface area contributed by atoms with Crippen LogP contribution in [0, 0.1) is 0 Å². The van der Waals surface area contributed by atoms with E-state index in [0.717, 1.165) is 25.0 Å². The third-order valence-electron chi connectivity index (χ3n) is 3.34. The van der Waals surface area contributed by atoms with E-state index in [9.17, 15) is 9.59 Å². The summed E-state index contributed by atoms with van der Waals surface area (Å²) in [5.41, 5.74) is 2.87. The zero-order chi connectivity index (χ0) is 13.1. The van der Waals surface area contributed by atoms with Crippen molar-refractivity contribution in [1.29, 1.82) is 0 Å². The van der Waals surface area contributed by atoms with Crippen LogP contribution in [0.5, 0.6) is 0 Å². The third-order valence-corrected chi connectivity index (χ3v) is 3.34. The quantitative estimate of drug-likeness (QED) is 0.600. The molecule has 0 unspecified atom stereocenters. The van der Waals surface area contributed by atoms with Crippen LogP contribution in [0.15, 0.2) is 28.6 Å². The topological polar surface area (TPSA) is 48.3 Å². The predicted octanol–water partition coefficient (Wildman–Crippen LogP) is 1.46. The first-order valence-electron chi connectivity index (χ1n) is 6.10. The minimum Gasteiger partial charge on any atom is -0.466 e. The molecule has 0 atom stereocenters. The lowest BCUT2D eigenvalue weighted by atomic mass is 10.2.